The van der Waals surface area contributed by atoms with Gasteiger partial charge in [-0.25, -0.2) is 14.8 Å². The van der Waals surface area contributed by atoms with Crippen LogP contribution in [0.15, 0.2) is 91.6 Å². The van der Waals surface area contributed by atoms with Crippen LogP contribution in [0.2, 0.25) is 0 Å². The van der Waals surface area contributed by atoms with E-state index < -0.39 is 26.1 Å². The average molecular weight is 773 g/mol. The minimum Gasteiger partial charge on any atom is -0.780 e. The zero-order valence-corrected chi connectivity index (χ0v) is 35.7. The van der Waals surface area contributed by atoms with Crippen molar-refractivity contribution in [2.45, 2.75) is 45.1 Å². The fraction of sp³-hybridized carbons (Fsp3) is 0.297. The number of amides is 4. The van der Waals surface area contributed by atoms with Gasteiger partial charge in [-0.2, -0.15) is 0 Å². The molecule has 2 saturated heterocycles. The van der Waals surface area contributed by atoms with Crippen LogP contribution in [0.4, 0.5) is 4.79 Å². The number of phosphoric ester groups is 1. The number of benzene rings is 3. The van der Waals surface area contributed by atoms with Crippen LogP contribution in [0.3, 0.4) is 0 Å². The van der Waals surface area contributed by atoms with E-state index in [2.05, 4.69) is 16.4 Å². The predicted octanol–water partition coefficient (Wildman–Crippen LogP) is -3.28. The molecule has 6 rings (SSSR count). The number of hydrogen-bond acceptors (Lipinski definition) is 9. The maximum absolute atomic E-state index is 14.5. The predicted molar refractivity (Wildman–Crippen MR) is 188 cm³/mol. The number of phosphoric acid groups is 1. The Hall–Kier alpha value is -3.27. The summed E-state index contributed by atoms with van der Waals surface area (Å²) in [5.74, 6) is -0.898. The summed E-state index contributed by atoms with van der Waals surface area (Å²) in [6, 6.07) is 19.1. The molecule has 54 heavy (non-hydrogen) atoms. The number of hydrogen-bond donors (Lipinski definition) is 1. The van der Waals surface area contributed by atoms with Crippen molar-refractivity contribution in [3.05, 3.63) is 114 Å². The van der Waals surface area contributed by atoms with E-state index in [1.165, 1.54) is 34.2 Å². The van der Waals surface area contributed by atoms with Crippen molar-refractivity contribution in [3.8, 4) is 5.75 Å². The molecule has 2 atom stereocenters. The van der Waals surface area contributed by atoms with Gasteiger partial charge in [0.25, 0.3) is 0 Å². The van der Waals surface area contributed by atoms with Gasteiger partial charge in [0.1, 0.15) is 25.8 Å². The molecule has 2 aliphatic rings. The van der Waals surface area contributed by atoms with Crippen molar-refractivity contribution in [1.29, 1.82) is 0 Å². The Morgan fingerprint density at radius 3 is 2.35 bits per heavy atom. The fourth-order valence-corrected chi connectivity index (χ4v) is 7.42. The Bertz CT molecular complexity index is 2060. The second kappa shape index (κ2) is 18.6. The first-order chi connectivity index (χ1) is 24.9. The number of rotatable bonds is 12. The summed E-state index contributed by atoms with van der Waals surface area (Å²) in [4.78, 5) is 80.8. The average Bonchev–Trinajstić information content (AvgIpc) is 3.46. The molecule has 3 aromatic carbocycles. The van der Waals surface area contributed by atoms with Crippen molar-refractivity contribution in [2.24, 2.45) is 7.05 Å². The molecule has 4 amide bonds. The van der Waals surface area contributed by atoms with E-state index in [0.29, 0.717) is 17.5 Å². The molecule has 0 aliphatic carbocycles. The van der Waals surface area contributed by atoms with E-state index in [1.807, 2.05) is 60.1 Å². The molecular weight excluding hydrogens is 733 g/mol. The van der Waals surface area contributed by atoms with E-state index in [1.54, 1.807) is 29.1 Å². The maximum Gasteiger partial charge on any atom is 1.00 e. The molecular formula is C37H39N6Na2O8P. The summed E-state index contributed by atoms with van der Waals surface area (Å²) >= 11 is 0. The van der Waals surface area contributed by atoms with Crippen LogP contribution in [0, 0.1) is 0 Å². The first-order valence-corrected chi connectivity index (χ1v) is 18.3. The van der Waals surface area contributed by atoms with Crippen LogP contribution in [-0.2, 0) is 40.7 Å². The number of piperazine rings is 1. The van der Waals surface area contributed by atoms with Gasteiger partial charge < -0.3 is 38.6 Å². The molecule has 4 aromatic rings. The maximum atomic E-state index is 14.5. The Morgan fingerprint density at radius 2 is 1.70 bits per heavy atom. The summed E-state index contributed by atoms with van der Waals surface area (Å²) in [7, 11) is -3.44. The standard InChI is InChI=1S/C37H41N6O8P.2Na/c1-4-18-41-24-34(45)42-31(19-25-14-16-28(17-15-25)51-52(48,49)50)36(46)40(23-33(42)43(41)37(47)38-20-26-10-7-6-8-11-26)21-27-12-9-13-29-30(32(44)5-2)22-39(3)35(27)29;;/h4,6-17,22,31,33H,1,5,18-21,23-24H2,2-3H3,(H,38,47)(H2,48,49,50);;/q;2*+1/p-2/t31-,33-;;/m0../s1. The normalized spacial score (nSPS) is 17.4. The van der Waals surface area contributed by atoms with Gasteiger partial charge in [0, 0.05) is 56.7 Å². The van der Waals surface area contributed by atoms with Crippen LogP contribution in [0.25, 0.3) is 10.9 Å². The third-order valence-corrected chi connectivity index (χ3v) is 9.74. The third-order valence-electron chi connectivity index (χ3n) is 9.30. The fourth-order valence-electron chi connectivity index (χ4n) is 7.04. The molecule has 3 heterocycles. The number of carbonyl (C=O) groups excluding carboxylic acids is 4. The number of nitrogens with zero attached hydrogens (tertiary/aromatic N) is 5. The molecule has 17 heteroatoms. The molecule has 0 unspecified atom stereocenters. The SMILES string of the molecule is C=CCN1CC(=O)N2[C@@H](Cc3ccc(OP(=O)([O-])[O-])cc3)C(=O)N(Cc3cccc4c(C(=O)CC)cn(C)c34)C[C@@H]2N1C(=O)NCc1ccccc1.[Na+].[Na+]. The summed E-state index contributed by atoms with van der Waals surface area (Å²) in [5.41, 5.74) is 3.60. The number of Topliss-reactive ketones (excluding diaryl/α,β-unsaturated/α-hetero) is 1. The number of aryl methyl sites for hydroxylation is 1. The number of nitrogens with one attached hydrogen (secondary N) is 1. The Balaban J connectivity index is 0.00000325. The Morgan fingerprint density at radius 1 is 1.00 bits per heavy atom. The van der Waals surface area contributed by atoms with Crippen molar-refractivity contribution in [2.75, 3.05) is 19.6 Å². The quantitative estimate of drug-likeness (QED) is 0.0672. The number of para-hydroxylation sites is 1. The zero-order chi connectivity index (χ0) is 37.2. The van der Waals surface area contributed by atoms with Crippen molar-refractivity contribution < 1.29 is 97.2 Å². The monoisotopic (exact) mass is 772 g/mol. The van der Waals surface area contributed by atoms with Gasteiger partial charge in [0.2, 0.25) is 11.8 Å². The molecule has 0 saturated carbocycles. The summed E-state index contributed by atoms with van der Waals surface area (Å²) in [6.45, 7) is 5.98. The largest absolute Gasteiger partial charge is 1.00 e. The number of ketones is 1. The second-order valence-corrected chi connectivity index (χ2v) is 13.8. The van der Waals surface area contributed by atoms with Gasteiger partial charge in [-0.05, 0) is 28.8 Å². The van der Waals surface area contributed by atoms with Crippen LogP contribution in [-0.4, -0.2) is 79.9 Å². The van der Waals surface area contributed by atoms with E-state index in [9.17, 15) is 33.5 Å². The minimum atomic E-state index is -5.29. The molecule has 0 bridgehead atoms. The van der Waals surface area contributed by atoms with Crippen LogP contribution >= 0.6 is 7.82 Å². The van der Waals surface area contributed by atoms with Crippen LogP contribution in [0.1, 0.15) is 40.4 Å². The molecule has 1 N–H and O–H groups in total. The summed E-state index contributed by atoms with van der Waals surface area (Å²) in [6.07, 6.45) is 2.85. The zero-order valence-electron chi connectivity index (χ0n) is 30.8. The molecule has 2 fully saturated rings. The number of fused-ring (bicyclic) bond motifs is 2. The number of hydrazine groups is 1. The van der Waals surface area contributed by atoms with E-state index in [4.69, 9.17) is 0 Å². The second-order valence-electron chi connectivity index (χ2n) is 12.8. The first-order valence-electron chi connectivity index (χ1n) is 16.9. The topological polar surface area (TPSA) is 171 Å². The molecule has 2 aliphatic heterocycles. The summed E-state index contributed by atoms with van der Waals surface area (Å²) < 4.78 is 17.5. The van der Waals surface area contributed by atoms with Crippen LogP contribution < -0.4 is 78.7 Å². The van der Waals surface area contributed by atoms with E-state index in [0.717, 1.165) is 22.0 Å². The molecule has 0 radical (unpaired) electrons. The smallest absolute Gasteiger partial charge is 0.780 e. The van der Waals surface area contributed by atoms with E-state index in [-0.39, 0.29) is 122 Å². The van der Waals surface area contributed by atoms with Crippen LogP contribution in [0.5, 0.6) is 5.75 Å². The third kappa shape index (κ3) is 9.57. The summed E-state index contributed by atoms with van der Waals surface area (Å²) in [5, 5.41) is 6.83. The molecule has 14 nitrogen and oxygen atoms in total. The van der Waals surface area contributed by atoms with Gasteiger partial charge >= 0.3 is 65.1 Å². The molecule has 0 spiro atoms. The van der Waals surface area contributed by atoms with Gasteiger partial charge in [0.15, 0.2) is 5.78 Å². The first kappa shape index (κ1) is 43.5. The van der Waals surface area contributed by atoms with Gasteiger partial charge in [-0.3, -0.25) is 14.4 Å². The molecule has 272 valence electrons. The number of aromatic nitrogens is 1. The Labute approximate surface area is 357 Å². The number of urea groups is 1. The Kier molecular flexibility index (Phi) is 15.0. The van der Waals surface area contributed by atoms with Crippen molar-refractivity contribution >= 4 is 42.4 Å². The van der Waals surface area contributed by atoms with E-state index >= 15 is 0 Å². The van der Waals surface area contributed by atoms with Crippen molar-refractivity contribution in [1.82, 2.24) is 29.7 Å². The van der Waals surface area contributed by atoms with Gasteiger partial charge in [-0.1, -0.05) is 73.7 Å². The minimum absolute atomic E-state index is 0. The van der Waals surface area contributed by atoms with Gasteiger partial charge in [0.05, 0.1) is 18.6 Å². The number of carbonyl (C=O) groups is 4. The molecule has 1 aromatic heterocycles. The van der Waals surface area contributed by atoms with Crippen molar-refractivity contribution in [3.63, 3.8) is 0 Å². The van der Waals surface area contributed by atoms with Gasteiger partial charge in [-0.15, -0.1) is 6.58 Å².